The lowest BCUT2D eigenvalue weighted by molar-refractivity contribution is 0.573. The van der Waals surface area contributed by atoms with Gasteiger partial charge in [-0.15, -0.1) is 0 Å². The summed E-state index contributed by atoms with van der Waals surface area (Å²) in [6.45, 7) is 2.69. The Morgan fingerprint density at radius 3 is 2.85 bits per heavy atom. The molecule has 1 heterocycles. The van der Waals surface area contributed by atoms with Gasteiger partial charge in [-0.1, -0.05) is 29.8 Å². The molecule has 0 radical (unpaired) electrons. The average molecular weight is 351 g/mol. The van der Waals surface area contributed by atoms with Crippen LogP contribution in [-0.4, -0.2) is 0 Å². The Morgan fingerprint density at radius 1 is 1.20 bits per heavy atom. The maximum absolute atomic E-state index is 6.02. The number of hydrogen-bond donors (Lipinski definition) is 1. The molecule has 0 atom stereocenters. The molecule has 102 valence electrons. The first-order valence-electron chi connectivity index (χ1n) is 6.31. The Morgan fingerprint density at radius 2 is 2.00 bits per heavy atom. The van der Waals surface area contributed by atoms with Crippen LogP contribution in [0.3, 0.4) is 0 Å². The lowest BCUT2D eigenvalue weighted by atomic mass is 10.1. The molecular formula is C16H13BrClNO. The first-order valence-corrected chi connectivity index (χ1v) is 7.48. The van der Waals surface area contributed by atoms with Crippen LogP contribution in [0.2, 0.25) is 5.02 Å². The smallest absolute Gasteiger partial charge is 0.134 e. The predicted octanol–water partition coefficient (Wildman–Crippen LogP) is 5.77. The van der Waals surface area contributed by atoms with Gasteiger partial charge in [-0.2, -0.15) is 0 Å². The van der Waals surface area contributed by atoms with Crippen LogP contribution >= 0.6 is 27.5 Å². The van der Waals surface area contributed by atoms with Crippen LogP contribution in [0.15, 0.2) is 51.4 Å². The summed E-state index contributed by atoms with van der Waals surface area (Å²) < 4.78 is 6.76. The molecule has 1 N–H and O–H groups in total. The van der Waals surface area contributed by atoms with Crippen molar-refractivity contribution in [3.05, 3.63) is 63.3 Å². The Bertz CT molecular complexity index is 766. The number of hydrogen-bond acceptors (Lipinski definition) is 2. The summed E-state index contributed by atoms with van der Waals surface area (Å²) in [6, 6.07) is 13.8. The summed E-state index contributed by atoms with van der Waals surface area (Å²) in [4.78, 5) is 0. The molecule has 1 aromatic heterocycles. The predicted molar refractivity (Wildman–Crippen MR) is 87.4 cm³/mol. The minimum absolute atomic E-state index is 0.696. The van der Waals surface area contributed by atoms with Crippen molar-refractivity contribution in [3.8, 4) is 0 Å². The van der Waals surface area contributed by atoms with Gasteiger partial charge < -0.3 is 9.73 Å². The maximum atomic E-state index is 6.02. The van der Waals surface area contributed by atoms with Crippen molar-refractivity contribution in [1.82, 2.24) is 0 Å². The minimum atomic E-state index is 0.696. The third kappa shape index (κ3) is 2.56. The molecule has 0 bridgehead atoms. The van der Waals surface area contributed by atoms with Crippen molar-refractivity contribution < 1.29 is 4.42 Å². The molecule has 4 heteroatoms. The van der Waals surface area contributed by atoms with Gasteiger partial charge in [-0.05, 0) is 47.1 Å². The van der Waals surface area contributed by atoms with Gasteiger partial charge in [0, 0.05) is 27.0 Å². The maximum Gasteiger partial charge on any atom is 0.134 e. The van der Waals surface area contributed by atoms with Gasteiger partial charge in [0.1, 0.15) is 11.3 Å². The lowest BCUT2D eigenvalue weighted by Crippen LogP contribution is -2.00. The second kappa shape index (κ2) is 5.51. The molecule has 0 unspecified atom stereocenters. The number of aryl methyl sites for hydroxylation is 1. The second-order valence-electron chi connectivity index (χ2n) is 4.61. The minimum Gasteiger partial charge on any atom is -0.461 e. The van der Waals surface area contributed by atoms with Crippen LogP contribution in [0, 0.1) is 6.92 Å². The fourth-order valence-electron chi connectivity index (χ4n) is 2.26. The van der Waals surface area contributed by atoms with Crippen molar-refractivity contribution in [2.45, 2.75) is 13.5 Å². The Kier molecular flexibility index (Phi) is 3.72. The van der Waals surface area contributed by atoms with Gasteiger partial charge in [0.2, 0.25) is 0 Å². The highest BCUT2D eigenvalue weighted by Crippen LogP contribution is 2.29. The molecule has 0 aliphatic carbocycles. The molecule has 2 aromatic carbocycles. The number of furan rings is 1. The van der Waals surface area contributed by atoms with Crippen LogP contribution in [0.25, 0.3) is 11.0 Å². The van der Waals surface area contributed by atoms with Crippen LogP contribution in [0.1, 0.15) is 11.3 Å². The first-order chi connectivity index (χ1) is 9.65. The molecule has 0 amide bonds. The molecule has 20 heavy (non-hydrogen) atoms. The van der Waals surface area contributed by atoms with E-state index in [4.69, 9.17) is 16.0 Å². The molecule has 0 aliphatic heterocycles. The molecule has 0 aliphatic rings. The van der Waals surface area contributed by atoms with E-state index in [0.717, 1.165) is 26.9 Å². The molecule has 3 aromatic rings. The summed E-state index contributed by atoms with van der Waals surface area (Å²) in [5, 5.41) is 5.26. The first kappa shape index (κ1) is 13.5. The largest absolute Gasteiger partial charge is 0.461 e. The summed E-state index contributed by atoms with van der Waals surface area (Å²) in [5.74, 6) is 0.942. The van der Waals surface area contributed by atoms with E-state index in [1.54, 1.807) is 0 Å². The second-order valence-corrected chi connectivity index (χ2v) is 5.90. The summed E-state index contributed by atoms with van der Waals surface area (Å²) in [7, 11) is 0. The van der Waals surface area contributed by atoms with Gasteiger partial charge in [0.05, 0.1) is 5.69 Å². The molecule has 2 nitrogen and oxygen atoms in total. The number of halogens is 2. The van der Waals surface area contributed by atoms with E-state index in [1.165, 1.54) is 5.56 Å². The molecule has 0 spiro atoms. The average Bonchev–Trinajstić information content (AvgIpc) is 2.75. The van der Waals surface area contributed by atoms with Crippen molar-refractivity contribution in [2.75, 3.05) is 5.32 Å². The highest BCUT2D eigenvalue weighted by Gasteiger charge is 2.10. The van der Waals surface area contributed by atoms with Gasteiger partial charge in [-0.25, -0.2) is 0 Å². The van der Waals surface area contributed by atoms with E-state index in [0.29, 0.717) is 11.6 Å². The zero-order valence-electron chi connectivity index (χ0n) is 10.9. The lowest BCUT2D eigenvalue weighted by Gasteiger charge is -2.09. The number of nitrogens with one attached hydrogen (secondary N) is 1. The number of benzene rings is 2. The van der Waals surface area contributed by atoms with Crippen molar-refractivity contribution in [2.24, 2.45) is 0 Å². The van der Waals surface area contributed by atoms with E-state index in [2.05, 4.69) is 27.3 Å². The fourth-order valence-corrected chi connectivity index (χ4v) is 2.82. The van der Waals surface area contributed by atoms with Gasteiger partial charge in [-0.3, -0.25) is 0 Å². The number of anilines is 1. The van der Waals surface area contributed by atoms with Gasteiger partial charge in [0.25, 0.3) is 0 Å². The highest BCUT2D eigenvalue weighted by molar-refractivity contribution is 9.10. The molecule has 0 saturated heterocycles. The van der Waals surface area contributed by atoms with E-state index in [1.807, 2.05) is 43.3 Å². The van der Waals surface area contributed by atoms with Crippen molar-refractivity contribution in [1.29, 1.82) is 0 Å². The van der Waals surface area contributed by atoms with E-state index >= 15 is 0 Å². The normalized spacial score (nSPS) is 10.9. The standard InChI is InChI=1S/C16H13BrClNO/c1-10-13(12-4-2-3-5-16(12)20-10)9-19-15-8-11(18)6-7-14(15)17/h2-8,19H,9H2,1H3. The summed E-state index contributed by atoms with van der Waals surface area (Å²) in [5.41, 5.74) is 3.07. The monoisotopic (exact) mass is 349 g/mol. The van der Waals surface area contributed by atoms with Crippen molar-refractivity contribution >= 4 is 44.2 Å². The molecule has 0 fully saturated rings. The quantitative estimate of drug-likeness (QED) is 0.648. The molecular weight excluding hydrogens is 338 g/mol. The fraction of sp³-hybridized carbons (Fsp3) is 0.125. The number of fused-ring (bicyclic) bond motifs is 1. The topological polar surface area (TPSA) is 25.2 Å². The molecule has 3 rings (SSSR count). The summed E-state index contributed by atoms with van der Waals surface area (Å²) >= 11 is 9.54. The van der Waals surface area contributed by atoms with Crippen molar-refractivity contribution in [3.63, 3.8) is 0 Å². The molecule has 0 saturated carbocycles. The summed E-state index contributed by atoms with van der Waals surface area (Å²) in [6.07, 6.45) is 0. The van der Waals surface area contributed by atoms with Gasteiger partial charge in [0.15, 0.2) is 0 Å². The Hall–Kier alpha value is -1.45. The Labute approximate surface area is 130 Å². The van der Waals surface area contributed by atoms with Crippen LogP contribution < -0.4 is 5.32 Å². The van der Waals surface area contributed by atoms with E-state index in [9.17, 15) is 0 Å². The highest BCUT2D eigenvalue weighted by atomic mass is 79.9. The SMILES string of the molecule is Cc1oc2ccccc2c1CNc1cc(Cl)ccc1Br. The van der Waals surface area contributed by atoms with Crippen LogP contribution in [0.5, 0.6) is 0 Å². The number of rotatable bonds is 3. The van der Waals surface area contributed by atoms with Gasteiger partial charge >= 0.3 is 0 Å². The van der Waals surface area contributed by atoms with Crippen LogP contribution in [-0.2, 0) is 6.54 Å². The van der Waals surface area contributed by atoms with E-state index < -0.39 is 0 Å². The number of para-hydroxylation sites is 1. The third-order valence-corrected chi connectivity index (χ3v) is 4.21. The zero-order valence-corrected chi connectivity index (χ0v) is 13.3. The Balaban J connectivity index is 1.90. The zero-order chi connectivity index (χ0) is 14.1. The van der Waals surface area contributed by atoms with E-state index in [-0.39, 0.29) is 0 Å². The van der Waals surface area contributed by atoms with Crippen LogP contribution in [0.4, 0.5) is 5.69 Å². The third-order valence-electron chi connectivity index (χ3n) is 3.28.